The Bertz CT molecular complexity index is 785. The molecule has 136 valence electrons. The first-order valence-electron chi connectivity index (χ1n) is 8.89. The zero-order valence-electron chi connectivity index (χ0n) is 14.7. The van der Waals surface area contributed by atoms with Crippen molar-refractivity contribution >= 4 is 17.6 Å². The summed E-state index contributed by atoms with van der Waals surface area (Å²) in [6.07, 6.45) is 2.78. The van der Waals surface area contributed by atoms with Crippen LogP contribution in [0.5, 0.6) is 11.5 Å². The van der Waals surface area contributed by atoms with Gasteiger partial charge in [0, 0.05) is 23.5 Å². The van der Waals surface area contributed by atoms with Crippen molar-refractivity contribution < 1.29 is 19.4 Å². The molecule has 2 atom stereocenters. The normalized spacial score (nSPS) is 19.6. The number of rotatable bonds is 5. The summed E-state index contributed by atoms with van der Waals surface area (Å²) in [5.41, 5.74) is 1.73. The molecular formula is C21H22NO4-. The van der Waals surface area contributed by atoms with Crippen LogP contribution in [0.15, 0.2) is 48.5 Å². The van der Waals surface area contributed by atoms with Crippen LogP contribution >= 0.6 is 0 Å². The van der Waals surface area contributed by atoms with E-state index in [1.807, 2.05) is 31.2 Å². The highest BCUT2D eigenvalue weighted by atomic mass is 16.5. The van der Waals surface area contributed by atoms with Crippen molar-refractivity contribution in [2.45, 2.75) is 32.6 Å². The molecule has 1 aliphatic carbocycles. The maximum atomic E-state index is 12.5. The number of hydrogen-bond acceptors (Lipinski definition) is 4. The van der Waals surface area contributed by atoms with Crippen molar-refractivity contribution in [3.8, 4) is 11.5 Å². The number of amides is 1. The summed E-state index contributed by atoms with van der Waals surface area (Å²) in [6, 6.07) is 14.8. The third kappa shape index (κ3) is 4.42. The summed E-state index contributed by atoms with van der Waals surface area (Å²) >= 11 is 0. The van der Waals surface area contributed by atoms with E-state index < -0.39 is 17.8 Å². The first kappa shape index (κ1) is 18.0. The Morgan fingerprint density at radius 1 is 1.00 bits per heavy atom. The number of ether oxygens (including phenoxy) is 1. The standard InChI is InChI=1S/C21H23NO4/c1-14-5-4-6-17(13-14)26-16-11-9-15(10-12-16)22-20(23)18-7-2-3-8-19(18)21(24)25/h4-6,9-13,18-19H,2-3,7-8H2,1H3,(H,22,23)(H,24,25)/p-1/t18-,19+/m1/s1. The number of carbonyl (C=O) groups is 2. The van der Waals surface area contributed by atoms with Crippen LogP contribution in [0.1, 0.15) is 31.2 Å². The molecule has 0 heterocycles. The average Bonchev–Trinajstić information content (AvgIpc) is 2.63. The minimum atomic E-state index is -1.13. The lowest BCUT2D eigenvalue weighted by Crippen LogP contribution is -2.42. The van der Waals surface area contributed by atoms with Crippen molar-refractivity contribution in [2.24, 2.45) is 11.8 Å². The van der Waals surface area contributed by atoms with E-state index in [0.717, 1.165) is 24.2 Å². The SMILES string of the molecule is Cc1cccc(Oc2ccc(NC(=O)[C@@H]3CCCC[C@@H]3C(=O)[O-])cc2)c1. The molecule has 0 unspecified atom stereocenters. The second-order valence-corrected chi connectivity index (χ2v) is 6.75. The molecule has 3 rings (SSSR count). The maximum Gasteiger partial charge on any atom is 0.228 e. The van der Waals surface area contributed by atoms with Gasteiger partial charge < -0.3 is 20.0 Å². The monoisotopic (exact) mass is 352 g/mol. The Kier molecular flexibility index (Phi) is 5.56. The van der Waals surface area contributed by atoms with E-state index in [0.29, 0.717) is 24.3 Å². The molecule has 26 heavy (non-hydrogen) atoms. The third-order valence-corrected chi connectivity index (χ3v) is 4.75. The highest BCUT2D eigenvalue weighted by Gasteiger charge is 2.31. The summed E-state index contributed by atoms with van der Waals surface area (Å²) in [5, 5.41) is 14.1. The third-order valence-electron chi connectivity index (χ3n) is 4.75. The van der Waals surface area contributed by atoms with Crippen molar-refractivity contribution in [3.63, 3.8) is 0 Å². The number of carboxylic acid groups (broad SMARTS) is 1. The molecule has 1 aliphatic rings. The number of hydrogen-bond donors (Lipinski definition) is 1. The zero-order chi connectivity index (χ0) is 18.5. The molecule has 0 aromatic heterocycles. The quantitative estimate of drug-likeness (QED) is 0.896. The van der Waals surface area contributed by atoms with Gasteiger partial charge in [-0.1, -0.05) is 25.0 Å². The van der Waals surface area contributed by atoms with Crippen LogP contribution in [0.2, 0.25) is 0 Å². The van der Waals surface area contributed by atoms with Crippen LogP contribution in [-0.2, 0) is 9.59 Å². The first-order valence-corrected chi connectivity index (χ1v) is 8.89. The molecule has 5 heteroatoms. The summed E-state index contributed by atoms with van der Waals surface area (Å²) in [4.78, 5) is 23.7. The van der Waals surface area contributed by atoms with Crippen LogP contribution in [0.3, 0.4) is 0 Å². The molecule has 0 bridgehead atoms. The van der Waals surface area contributed by atoms with Crippen molar-refractivity contribution in [1.29, 1.82) is 0 Å². The van der Waals surface area contributed by atoms with Gasteiger partial charge in [0.25, 0.3) is 0 Å². The summed E-state index contributed by atoms with van der Waals surface area (Å²) in [7, 11) is 0. The second-order valence-electron chi connectivity index (χ2n) is 6.75. The van der Waals surface area contributed by atoms with Crippen molar-refractivity contribution in [2.75, 3.05) is 5.32 Å². The molecule has 0 saturated heterocycles. The lowest BCUT2D eigenvalue weighted by atomic mass is 9.78. The fourth-order valence-corrected chi connectivity index (χ4v) is 3.38. The van der Waals surface area contributed by atoms with Crippen LogP contribution in [0.4, 0.5) is 5.69 Å². The fourth-order valence-electron chi connectivity index (χ4n) is 3.38. The van der Waals surface area contributed by atoms with E-state index in [4.69, 9.17) is 4.74 Å². The van der Waals surface area contributed by atoms with Gasteiger partial charge in [-0.2, -0.15) is 0 Å². The number of aliphatic carboxylic acids is 1. The molecule has 1 N–H and O–H groups in total. The van der Waals surface area contributed by atoms with Crippen LogP contribution < -0.4 is 15.2 Å². The van der Waals surface area contributed by atoms with Gasteiger partial charge in [0.2, 0.25) is 5.91 Å². The Morgan fingerprint density at radius 3 is 2.35 bits per heavy atom. The van der Waals surface area contributed by atoms with Crippen LogP contribution in [0.25, 0.3) is 0 Å². The van der Waals surface area contributed by atoms with Crippen LogP contribution in [0, 0.1) is 18.8 Å². The molecule has 1 fully saturated rings. The van der Waals surface area contributed by atoms with Gasteiger partial charge in [-0.25, -0.2) is 0 Å². The second kappa shape index (κ2) is 8.04. The van der Waals surface area contributed by atoms with Crippen molar-refractivity contribution in [1.82, 2.24) is 0 Å². The van der Waals surface area contributed by atoms with Crippen LogP contribution in [-0.4, -0.2) is 11.9 Å². The smallest absolute Gasteiger partial charge is 0.228 e. The van der Waals surface area contributed by atoms with Gasteiger partial charge in [-0.3, -0.25) is 4.79 Å². The Morgan fingerprint density at radius 2 is 1.69 bits per heavy atom. The molecule has 5 nitrogen and oxygen atoms in total. The lowest BCUT2D eigenvalue weighted by Gasteiger charge is -2.31. The van der Waals surface area contributed by atoms with Gasteiger partial charge in [0.15, 0.2) is 0 Å². The number of anilines is 1. The number of aryl methyl sites for hydroxylation is 1. The molecule has 1 saturated carbocycles. The first-order chi connectivity index (χ1) is 12.5. The topological polar surface area (TPSA) is 78.5 Å². The van der Waals surface area contributed by atoms with Crippen molar-refractivity contribution in [3.05, 3.63) is 54.1 Å². The molecule has 1 amide bonds. The van der Waals surface area contributed by atoms with E-state index in [1.54, 1.807) is 24.3 Å². The number of carbonyl (C=O) groups excluding carboxylic acids is 2. The number of nitrogens with one attached hydrogen (secondary N) is 1. The predicted molar refractivity (Wildman–Crippen MR) is 96.8 cm³/mol. The van der Waals surface area contributed by atoms with E-state index in [-0.39, 0.29) is 5.91 Å². The molecule has 2 aromatic rings. The number of benzene rings is 2. The van der Waals surface area contributed by atoms with Gasteiger partial charge in [-0.05, 0) is 61.7 Å². The molecule has 2 aromatic carbocycles. The van der Waals surface area contributed by atoms with Gasteiger partial charge in [0.1, 0.15) is 11.5 Å². The van der Waals surface area contributed by atoms with E-state index >= 15 is 0 Å². The van der Waals surface area contributed by atoms with Gasteiger partial charge in [0.05, 0.1) is 0 Å². The average molecular weight is 352 g/mol. The molecule has 0 aliphatic heterocycles. The van der Waals surface area contributed by atoms with E-state index in [9.17, 15) is 14.7 Å². The Balaban J connectivity index is 1.63. The Labute approximate surface area is 153 Å². The highest BCUT2D eigenvalue weighted by molar-refractivity contribution is 5.95. The maximum absolute atomic E-state index is 12.5. The predicted octanol–water partition coefficient (Wildman–Crippen LogP) is 3.28. The van der Waals surface area contributed by atoms with E-state index in [2.05, 4.69) is 5.32 Å². The van der Waals surface area contributed by atoms with Gasteiger partial charge in [-0.15, -0.1) is 0 Å². The minimum absolute atomic E-state index is 0.258. The highest BCUT2D eigenvalue weighted by Crippen LogP contribution is 2.31. The van der Waals surface area contributed by atoms with Gasteiger partial charge >= 0.3 is 0 Å². The molecule has 0 radical (unpaired) electrons. The zero-order valence-corrected chi connectivity index (χ0v) is 14.7. The lowest BCUT2D eigenvalue weighted by molar-refractivity contribution is -0.313. The molecular weight excluding hydrogens is 330 g/mol. The fraction of sp³-hybridized carbons (Fsp3) is 0.333. The summed E-state index contributed by atoms with van der Waals surface area (Å²) in [6.45, 7) is 2.00. The van der Waals surface area contributed by atoms with E-state index in [1.165, 1.54) is 0 Å². The Hall–Kier alpha value is -2.82. The number of carboxylic acids is 1. The molecule has 0 spiro atoms. The largest absolute Gasteiger partial charge is 0.550 e. The summed E-state index contributed by atoms with van der Waals surface area (Å²) in [5.74, 6) is -1.21. The summed E-state index contributed by atoms with van der Waals surface area (Å²) < 4.78 is 5.79. The minimum Gasteiger partial charge on any atom is -0.550 e.